The molecule has 1 fully saturated rings. The van der Waals surface area contributed by atoms with Crippen molar-refractivity contribution in [1.29, 1.82) is 0 Å². The fourth-order valence-electron chi connectivity index (χ4n) is 4.63. The van der Waals surface area contributed by atoms with Gasteiger partial charge in [0.1, 0.15) is 49.3 Å². The molecule has 0 aromatic rings. The number of aliphatic hydroxyl groups is 6. The Bertz CT molecular complexity index is 695. The highest BCUT2D eigenvalue weighted by atomic mass is 31.2. The van der Waals surface area contributed by atoms with Crippen LogP contribution in [0, 0.1) is 0 Å². The van der Waals surface area contributed by atoms with E-state index in [2.05, 4.69) is 16.0 Å². The molecule has 1 aliphatic rings. The Balaban J connectivity index is 2.06. The highest BCUT2D eigenvalue weighted by molar-refractivity contribution is 7.45. The number of hydrogen-bond donors (Lipinski definition) is 6. The van der Waals surface area contributed by atoms with E-state index in [9.17, 15) is 44.9 Å². The third kappa shape index (κ3) is 15.5. The average Bonchev–Trinajstić information content (AvgIpc) is 2.93. The molecular formula is C27H52O12P-. The highest BCUT2D eigenvalue weighted by Crippen LogP contribution is 2.43. The van der Waals surface area contributed by atoms with Gasteiger partial charge in [-0.05, 0) is 6.42 Å². The first-order chi connectivity index (χ1) is 19.0. The number of hydrogen-bond acceptors (Lipinski definition) is 12. The molecular weight excluding hydrogens is 547 g/mol. The van der Waals surface area contributed by atoms with Crippen molar-refractivity contribution in [3.8, 4) is 0 Å². The van der Waals surface area contributed by atoms with Crippen LogP contribution in [0.1, 0.15) is 110 Å². The van der Waals surface area contributed by atoms with Crippen molar-refractivity contribution < 1.29 is 58.7 Å². The maximum Gasteiger partial charge on any atom is 0.305 e. The molecule has 0 saturated heterocycles. The summed E-state index contributed by atoms with van der Waals surface area (Å²) >= 11 is 0. The van der Waals surface area contributed by atoms with Crippen molar-refractivity contribution in [2.45, 2.75) is 152 Å². The quantitative estimate of drug-likeness (QED) is 0.0565. The lowest BCUT2D eigenvalue weighted by molar-refractivity contribution is -0.261. The summed E-state index contributed by atoms with van der Waals surface area (Å²) in [6.45, 7) is 0.897. The number of carbonyl (C=O) groups is 1. The number of esters is 1. The molecule has 1 saturated carbocycles. The van der Waals surface area contributed by atoms with Crippen LogP contribution < -0.4 is 4.89 Å². The van der Waals surface area contributed by atoms with Crippen LogP contribution >= 0.6 is 7.82 Å². The van der Waals surface area contributed by atoms with Crippen molar-refractivity contribution in [2.24, 2.45) is 0 Å². The van der Waals surface area contributed by atoms with Gasteiger partial charge in [0.15, 0.2) is 0 Å². The molecule has 6 N–H and O–H groups in total. The van der Waals surface area contributed by atoms with Crippen molar-refractivity contribution in [3.63, 3.8) is 0 Å². The van der Waals surface area contributed by atoms with Crippen LogP contribution in [0.2, 0.25) is 0 Å². The fraction of sp³-hybridized carbons (Fsp3) is 0.963. The summed E-state index contributed by atoms with van der Waals surface area (Å²) in [6.07, 6.45) is 4.90. The number of carbonyl (C=O) groups excluding carboxylic acids is 1. The Morgan fingerprint density at radius 1 is 0.700 bits per heavy atom. The normalized spacial score (nSPS) is 27.3. The van der Waals surface area contributed by atoms with Crippen molar-refractivity contribution >= 4 is 13.8 Å². The van der Waals surface area contributed by atoms with Crippen LogP contribution in [-0.2, 0) is 23.1 Å². The molecule has 0 amide bonds. The van der Waals surface area contributed by atoms with Gasteiger partial charge in [-0.2, -0.15) is 0 Å². The zero-order valence-electron chi connectivity index (χ0n) is 23.8. The smallest absolute Gasteiger partial charge is 0.305 e. The van der Waals surface area contributed by atoms with Crippen LogP contribution in [0.3, 0.4) is 0 Å². The van der Waals surface area contributed by atoms with E-state index in [0.29, 0.717) is 6.42 Å². The molecule has 13 heteroatoms. The summed E-state index contributed by atoms with van der Waals surface area (Å²) in [7, 11) is -5.23. The standard InChI is InChI=1S/C27H53O12P/c1-2-3-4-5-6-7-8-9-10-11-12-13-14-15-16-17-21(29)37-18-20(28)19-38-40(35,36)39-27-25(33)23(31)22(30)24(32)26(27)34/h20,22-28,30-34H,2-19H2,1H3,(H,35,36)/p-1/t20-,22?,23-,24?,25?,26?,27?/m1/s1. The Labute approximate surface area is 238 Å². The summed E-state index contributed by atoms with van der Waals surface area (Å²) in [5.41, 5.74) is 0. The van der Waals surface area contributed by atoms with Crippen LogP contribution in [0.25, 0.3) is 0 Å². The Kier molecular flexibility index (Phi) is 19.7. The maximum atomic E-state index is 12.0. The maximum absolute atomic E-state index is 12.0. The second kappa shape index (κ2) is 21.1. The van der Waals surface area contributed by atoms with Gasteiger partial charge < -0.3 is 49.3 Å². The molecule has 8 atom stereocenters. The minimum Gasteiger partial charge on any atom is -0.756 e. The zero-order valence-corrected chi connectivity index (χ0v) is 24.7. The Hall–Kier alpha value is -0.660. The second-order valence-corrected chi connectivity index (χ2v) is 12.2. The van der Waals surface area contributed by atoms with Gasteiger partial charge in [-0.1, -0.05) is 96.8 Å². The number of phosphoric ester groups is 1. The molecule has 0 radical (unpaired) electrons. The minimum absolute atomic E-state index is 0.183. The van der Waals surface area contributed by atoms with Crippen molar-refractivity contribution in [2.75, 3.05) is 13.2 Å². The average molecular weight is 600 g/mol. The fourth-order valence-corrected chi connectivity index (χ4v) is 5.59. The van der Waals surface area contributed by atoms with E-state index in [1.54, 1.807) is 0 Å². The third-order valence-corrected chi connectivity index (χ3v) is 8.14. The van der Waals surface area contributed by atoms with E-state index in [0.717, 1.165) is 19.3 Å². The topological polar surface area (TPSA) is 206 Å². The number of ether oxygens (including phenoxy) is 1. The summed E-state index contributed by atoms with van der Waals surface area (Å²) in [6, 6.07) is 0. The Morgan fingerprint density at radius 3 is 1.55 bits per heavy atom. The first-order valence-corrected chi connectivity index (χ1v) is 16.3. The molecule has 40 heavy (non-hydrogen) atoms. The molecule has 0 spiro atoms. The van der Waals surface area contributed by atoms with Crippen molar-refractivity contribution in [3.05, 3.63) is 0 Å². The van der Waals surface area contributed by atoms with E-state index < -0.39 is 69.7 Å². The molecule has 0 aromatic heterocycles. The highest BCUT2D eigenvalue weighted by Gasteiger charge is 2.50. The molecule has 1 aliphatic carbocycles. The molecule has 0 aliphatic heterocycles. The van der Waals surface area contributed by atoms with Gasteiger partial charge in [0, 0.05) is 6.42 Å². The molecule has 0 aromatic carbocycles. The van der Waals surface area contributed by atoms with E-state index in [1.165, 1.54) is 70.6 Å². The SMILES string of the molecule is CCCCCCCCCCCCCCCCCC(=O)OC[C@@H](O)COP(=O)([O-])OC1C(O)C(O)C(O)[C@@H](O)C1O. The third-order valence-electron chi connectivity index (χ3n) is 7.17. The lowest BCUT2D eigenvalue weighted by Gasteiger charge is -2.43. The predicted octanol–water partition coefficient (Wildman–Crippen LogP) is 1.84. The molecule has 12 nitrogen and oxygen atoms in total. The predicted molar refractivity (Wildman–Crippen MR) is 145 cm³/mol. The van der Waals surface area contributed by atoms with E-state index in [-0.39, 0.29) is 6.42 Å². The first kappa shape index (κ1) is 37.4. The second-order valence-electron chi connectivity index (χ2n) is 10.8. The zero-order chi connectivity index (χ0) is 30.0. The van der Waals surface area contributed by atoms with Crippen molar-refractivity contribution in [1.82, 2.24) is 0 Å². The molecule has 0 bridgehead atoms. The van der Waals surface area contributed by atoms with Crippen LogP contribution in [0.4, 0.5) is 0 Å². The molecule has 238 valence electrons. The first-order valence-electron chi connectivity index (χ1n) is 14.9. The number of aliphatic hydroxyl groups excluding tert-OH is 6. The van der Waals surface area contributed by atoms with Gasteiger partial charge in [-0.3, -0.25) is 9.36 Å². The van der Waals surface area contributed by atoms with E-state index in [4.69, 9.17) is 4.74 Å². The minimum atomic E-state index is -5.23. The van der Waals surface area contributed by atoms with Gasteiger partial charge >= 0.3 is 5.97 Å². The monoisotopic (exact) mass is 599 g/mol. The summed E-state index contributed by atoms with van der Waals surface area (Å²) in [4.78, 5) is 23.9. The van der Waals surface area contributed by atoms with Crippen LogP contribution in [0.15, 0.2) is 0 Å². The van der Waals surface area contributed by atoms with Gasteiger partial charge in [0.05, 0.1) is 6.61 Å². The van der Waals surface area contributed by atoms with Gasteiger partial charge in [0.2, 0.25) is 0 Å². The molecule has 1 rings (SSSR count). The van der Waals surface area contributed by atoms with Crippen LogP contribution in [-0.4, -0.2) is 92.5 Å². The largest absolute Gasteiger partial charge is 0.756 e. The summed E-state index contributed by atoms with van der Waals surface area (Å²) < 4.78 is 26.0. The van der Waals surface area contributed by atoms with E-state index in [1.807, 2.05) is 0 Å². The lowest BCUT2D eigenvalue weighted by atomic mass is 9.85. The Morgan fingerprint density at radius 2 is 1.10 bits per heavy atom. The van der Waals surface area contributed by atoms with Gasteiger partial charge in [0.25, 0.3) is 7.82 Å². The van der Waals surface area contributed by atoms with Crippen LogP contribution in [0.5, 0.6) is 0 Å². The van der Waals surface area contributed by atoms with E-state index >= 15 is 0 Å². The number of unbranched alkanes of at least 4 members (excludes halogenated alkanes) is 14. The summed E-state index contributed by atoms with van der Waals surface area (Å²) in [5, 5.41) is 58.4. The molecule has 6 unspecified atom stereocenters. The van der Waals surface area contributed by atoms with Gasteiger partial charge in [-0.15, -0.1) is 0 Å². The van der Waals surface area contributed by atoms with Gasteiger partial charge in [-0.25, -0.2) is 0 Å². The number of phosphoric acid groups is 1. The summed E-state index contributed by atoms with van der Waals surface area (Å²) in [5.74, 6) is -0.523. The lowest BCUT2D eigenvalue weighted by Crippen LogP contribution is -2.64. The number of rotatable bonds is 23. The molecule has 0 heterocycles.